The SMILES string of the molecule is O=C(CSc1nc(-c2ccccc2)nc2ccc(Cl)cc12)Oc1ccccc1. The molecule has 0 aliphatic carbocycles. The summed E-state index contributed by atoms with van der Waals surface area (Å²) in [5.74, 6) is 0.913. The van der Waals surface area contributed by atoms with E-state index in [9.17, 15) is 4.79 Å². The van der Waals surface area contributed by atoms with E-state index < -0.39 is 0 Å². The van der Waals surface area contributed by atoms with Crippen LogP contribution in [0, 0.1) is 0 Å². The fourth-order valence-electron chi connectivity index (χ4n) is 2.68. The lowest BCUT2D eigenvalue weighted by molar-refractivity contribution is -0.131. The van der Waals surface area contributed by atoms with Gasteiger partial charge >= 0.3 is 5.97 Å². The Bertz CT molecular complexity index is 1120. The molecule has 0 unspecified atom stereocenters. The Morgan fingerprint density at radius 1 is 0.929 bits per heavy atom. The summed E-state index contributed by atoms with van der Waals surface area (Å²) in [6.07, 6.45) is 0. The molecule has 0 N–H and O–H groups in total. The van der Waals surface area contributed by atoms with Crippen molar-refractivity contribution in [1.29, 1.82) is 0 Å². The van der Waals surface area contributed by atoms with Crippen LogP contribution >= 0.6 is 23.4 Å². The summed E-state index contributed by atoms with van der Waals surface area (Å²) in [6, 6.07) is 24.2. The Morgan fingerprint density at radius 2 is 1.64 bits per heavy atom. The minimum absolute atomic E-state index is 0.127. The average Bonchev–Trinajstić information content (AvgIpc) is 2.73. The van der Waals surface area contributed by atoms with Crippen LogP contribution in [0.5, 0.6) is 5.75 Å². The molecule has 0 fully saturated rings. The molecule has 6 heteroatoms. The number of benzene rings is 3. The molecule has 4 rings (SSSR count). The summed E-state index contributed by atoms with van der Waals surface area (Å²) < 4.78 is 5.36. The van der Waals surface area contributed by atoms with Gasteiger partial charge in [0.05, 0.1) is 11.3 Å². The van der Waals surface area contributed by atoms with Gasteiger partial charge in [-0.2, -0.15) is 0 Å². The first kappa shape index (κ1) is 18.5. The van der Waals surface area contributed by atoms with Gasteiger partial charge in [0.1, 0.15) is 10.8 Å². The zero-order chi connectivity index (χ0) is 19.3. The maximum atomic E-state index is 12.2. The lowest BCUT2D eigenvalue weighted by Gasteiger charge is -2.09. The summed E-state index contributed by atoms with van der Waals surface area (Å²) >= 11 is 7.47. The zero-order valence-electron chi connectivity index (χ0n) is 14.7. The zero-order valence-corrected chi connectivity index (χ0v) is 16.3. The number of rotatable bonds is 5. The highest BCUT2D eigenvalue weighted by atomic mass is 35.5. The molecular weight excluding hydrogens is 392 g/mol. The van der Waals surface area contributed by atoms with Crippen molar-refractivity contribution in [2.24, 2.45) is 0 Å². The van der Waals surface area contributed by atoms with Gasteiger partial charge in [-0.1, -0.05) is 71.9 Å². The van der Waals surface area contributed by atoms with E-state index in [-0.39, 0.29) is 11.7 Å². The van der Waals surface area contributed by atoms with Crippen molar-refractivity contribution in [3.05, 3.63) is 83.9 Å². The summed E-state index contributed by atoms with van der Waals surface area (Å²) in [6.45, 7) is 0. The van der Waals surface area contributed by atoms with E-state index in [0.717, 1.165) is 16.5 Å². The maximum Gasteiger partial charge on any atom is 0.321 e. The highest BCUT2D eigenvalue weighted by Gasteiger charge is 2.13. The van der Waals surface area contributed by atoms with Crippen molar-refractivity contribution in [2.75, 3.05) is 5.75 Å². The Balaban J connectivity index is 1.63. The predicted octanol–water partition coefficient (Wildman–Crippen LogP) is 5.65. The highest BCUT2D eigenvalue weighted by molar-refractivity contribution is 8.00. The van der Waals surface area contributed by atoms with E-state index >= 15 is 0 Å². The van der Waals surface area contributed by atoms with E-state index in [2.05, 4.69) is 9.97 Å². The van der Waals surface area contributed by atoms with Crippen LogP contribution in [0.15, 0.2) is 83.9 Å². The second-order valence-electron chi connectivity index (χ2n) is 5.96. The van der Waals surface area contributed by atoms with Gasteiger partial charge in [0, 0.05) is 16.0 Å². The van der Waals surface area contributed by atoms with Crippen molar-refractivity contribution in [3.8, 4) is 17.1 Å². The fraction of sp³-hybridized carbons (Fsp3) is 0.0455. The second kappa shape index (κ2) is 8.42. The number of hydrogen-bond acceptors (Lipinski definition) is 5. The molecule has 28 heavy (non-hydrogen) atoms. The lowest BCUT2D eigenvalue weighted by atomic mass is 10.2. The molecule has 4 nitrogen and oxygen atoms in total. The van der Waals surface area contributed by atoms with Gasteiger partial charge in [-0.3, -0.25) is 4.79 Å². The summed E-state index contributed by atoms with van der Waals surface area (Å²) in [5, 5.41) is 2.10. The first-order valence-electron chi connectivity index (χ1n) is 8.60. The Hall–Kier alpha value is -2.89. The number of hydrogen-bond donors (Lipinski definition) is 0. The van der Waals surface area contributed by atoms with Gasteiger partial charge in [-0.25, -0.2) is 9.97 Å². The van der Waals surface area contributed by atoms with E-state index in [1.54, 1.807) is 18.2 Å². The maximum absolute atomic E-state index is 12.2. The molecule has 0 saturated heterocycles. The molecule has 0 bridgehead atoms. The molecule has 0 spiro atoms. The van der Waals surface area contributed by atoms with Crippen LogP contribution in [0.25, 0.3) is 22.3 Å². The Labute approximate surface area is 171 Å². The third-order valence-corrected chi connectivity index (χ3v) is 5.16. The second-order valence-corrected chi connectivity index (χ2v) is 7.36. The average molecular weight is 407 g/mol. The molecule has 0 radical (unpaired) electrons. The first-order chi connectivity index (χ1) is 13.7. The number of ether oxygens (including phenoxy) is 1. The monoisotopic (exact) mass is 406 g/mol. The lowest BCUT2D eigenvalue weighted by Crippen LogP contribution is -2.10. The number of carbonyl (C=O) groups is 1. The number of nitrogens with zero attached hydrogens (tertiary/aromatic N) is 2. The largest absolute Gasteiger partial charge is 0.426 e. The number of carbonyl (C=O) groups excluding carboxylic acids is 1. The molecule has 138 valence electrons. The van der Waals surface area contributed by atoms with E-state index in [4.69, 9.17) is 16.3 Å². The molecule has 1 heterocycles. The minimum atomic E-state index is -0.341. The third kappa shape index (κ3) is 4.32. The molecule has 4 aromatic rings. The van der Waals surface area contributed by atoms with Crippen LogP contribution in [0.3, 0.4) is 0 Å². The molecule has 0 aliphatic rings. The number of para-hydroxylation sites is 1. The van der Waals surface area contributed by atoms with Gasteiger partial charge in [0.25, 0.3) is 0 Å². The predicted molar refractivity (Wildman–Crippen MR) is 113 cm³/mol. The summed E-state index contributed by atoms with van der Waals surface area (Å²) in [7, 11) is 0. The van der Waals surface area contributed by atoms with Crippen molar-refractivity contribution >= 4 is 40.2 Å². The first-order valence-corrected chi connectivity index (χ1v) is 9.97. The smallest absolute Gasteiger partial charge is 0.321 e. The molecular formula is C22H15ClN2O2S. The summed E-state index contributed by atoms with van der Waals surface area (Å²) in [4.78, 5) is 21.6. The van der Waals surface area contributed by atoms with E-state index in [1.807, 2.05) is 60.7 Å². The van der Waals surface area contributed by atoms with Crippen LogP contribution in [-0.4, -0.2) is 21.7 Å². The molecule has 0 atom stereocenters. The van der Waals surface area contributed by atoms with Gasteiger partial charge in [0.15, 0.2) is 5.82 Å². The third-order valence-electron chi connectivity index (χ3n) is 3.96. The Kier molecular flexibility index (Phi) is 5.55. The van der Waals surface area contributed by atoms with Crippen molar-refractivity contribution in [3.63, 3.8) is 0 Å². The molecule has 1 aromatic heterocycles. The van der Waals surface area contributed by atoms with Crippen LogP contribution < -0.4 is 4.74 Å². The van der Waals surface area contributed by atoms with Crippen molar-refractivity contribution < 1.29 is 9.53 Å². The highest BCUT2D eigenvalue weighted by Crippen LogP contribution is 2.30. The number of esters is 1. The van der Waals surface area contributed by atoms with Gasteiger partial charge in [-0.05, 0) is 30.3 Å². The number of halogens is 1. The Morgan fingerprint density at radius 3 is 2.39 bits per heavy atom. The number of thioether (sulfide) groups is 1. The summed E-state index contributed by atoms with van der Waals surface area (Å²) in [5.41, 5.74) is 1.69. The number of aromatic nitrogens is 2. The van der Waals surface area contributed by atoms with Crippen LogP contribution in [-0.2, 0) is 4.79 Å². The van der Waals surface area contributed by atoms with Gasteiger partial charge in [0.2, 0.25) is 0 Å². The minimum Gasteiger partial charge on any atom is -0.426 e. The normalized spacial score (nSPS) is 10.8. The van der Waals surface area contributed by atoms with Gasteiger partial charge < -0.3 is 4.74 Å². The van der Waals surface area contributed by atoms with Crippen LogP contribution in [0.2, 0.25) is 5.02 Å². The standard InChI is InChI=1S/C22H15ClN2O2S/c23-16-11-12-19-18(13-16)22(25-21(24-19)15-7-3-1-4-8-15)28-14-20(26)27-17-9-5-2-6-10-17/h1-13H,14H2. The molecule has 0 amide bonds. The topological polar surface area (TPSA) is 52.1 Å². The molecule has 0 saturated carbocycles. The quantitative estimate of drug-likeness (QED) is 0.185. The van der Waals surface area contributed by atoms with Crippen LogP contribution in [0.4, 0.5) is 0 Å². The van der Waals surface area contributed by atoms with Gasteiger partial charge in [-0.15, -0.1) is 0 Å². The van der Waals surface area contributed by atoms with Crippen molar-refractivity contribution in [1.82, 2.24) is 9.97 Å². The van der Waals surface area contributed by atoms with E-state index in [1.165, 1.54) is 11.8 Å². The van der Waals surface area contributed by atoms with Crippen LogP contribution in [0.1, 0.15) is 0 Å². The fourth-order valence-corrected chi connectivity index (χ4v) is 3.63. The molecule has 0 aliphatic heterocycles. The van der Waals surface area contributed by atoms with Crippen molar-refractivity contribution in [2.45, 2.75) is 5.03 Å². The number of fused-ring (bicyclic) bond motifs is 1. The van der Waals surface area contributed by atoms with E-state index in [0.29, 0.717) is 21.6 Å². The molecule has 3 aromatic carbocycles.